The number of benzene rings is 1. The van der Waals surface area contributed by atoms with Crippen LogP contribution >= 0.6 is 0 Å². The van der Waals surface area contributed by atoms with Gasteiger partial charge in [0.1, 0.15) is 0 Å². The minimum absolute atomic E-state index is 0.376. The van der Waals surface area contributed by atoms with Gasteiger partial charge < -0.3 is 16.2 Å². The summed E-state index contributed by atoms with van der Waals surface area (Å²) in [5, 5.41) is 13.8. The van der Waals surface area contributed by atoms with E-state index in [1.807, 2.05) is 24.3 Å². The first-order valence-electron chi connectivity index (χ1n) is 7.54. The molecule has 0 aliphatic heterocycles. The quantitative estimate of drug-likeness (QED) is 0.807. The van der Waals surface area contributed by atoms with Gasteiger partial charge in [0.05, 0.1) is 16.6 Å². The molecule has 1 aromatic carbocycles. The Balaban J connectivity index is 1.77. The van der Waals surface area contributed by atoms with Crippen molar-refractivity contribution in [3.8, 4) is 0 Å². The molecule has 21 heavy (non-hydrogen) atoms. The van der Waals surface area contributed by atoms with E-state index in [0.29, 0.717) is 24.1 Å². The number of fused-ring (bicyclic) bond motifs is 1. The smallest absolute Gasteiger partial charge is 0.169 e. The maximum atomic E-state index is 10.7. The molecule has 0 saturated heterocycles. The molecule has 1 saturated carbocycles. The predicted octanol–water partition coefficient (Wildman–Crippen LogP) is 2.57. The normalized spacial score (nSPS) is 25.9. The average molecular weight is 286 g/mol. The SMILES string of the molecule is CC1CCCC(O)(CNc2nc3ccccc3nc2N)C1. The number of para-hydroxylation sites is 2. The number of hydrogen-bond acceptors (Lipinski definition) is 5. The molecule has 0 amide bonds. The van der Waals surface area contributed by atoms with E-state index in [0.717, 1.165) is 30.3 Å². The van der Waals surface area contributed by atoms with Crippen molar-refractivity contribution in [3.63, 3.8) is 0 Å². The molecule has 112 valence electrons. The molecule has 0 bridgehead atoms. The van der Waals surface area contributed by atoms with Crippen LogP contribution in [0.5, 0.6) is 0 Å². The van der Waals surface area contributed by atoms with Crippen LogP contribution in [-0.2, 0) is 0 Å². The summed E-state index contributed by atoms with van der Waals surface area (Å²) in [6, 6.07) is 7.63. The number of nitrogens with zero attached hydrogens (tertiary/aromatic N) is 2. The van der Waals surface area contributed by atoms with E-state index in [1.165, 1.54) is 6.42 Å². The number of nitrogen functional groups attached to an aromatic ring is 1. The highest BCUT2D eigenvalue weighted by Crippen LogP contribution is 2.32. The van der Waals surface area contributed by atoms with Gasteiger partial charge in [-0.3, -0.25) is 0 Å². The molecule has 0 spiro atoms. The standard InChI is InChI=1S/C16H22N4O/c1-11-5-4-8-16(21,9-11)10-18-15-14(17)19-12-6-2-3-7-13(12)20-15/h2-3,6-7,11,21H,4-5,8-10H2,1H3,(H2,17,19)(H,18,20). The number of rotatable bonds is 3. The van der Waals surface area contributed by atoms with Crippen molar-refractivity contribution >= 4 is 22.7 Å². The predicted molar refractivity (Wildman–Crippen MR) is 85.0 cm³/mol. The van der Waals surface area contributed by atoms with Crippen LogP contribution in [0.2, 0.25) is 0 Å². The lowest BCUT2D eigenvalue weighted by Gasteiger charge is -2.35. The van der Waals surface area contributed by atoms with E-state index in [2.05, 4.69) is 22.2 Å². The zero-order chi connectivity index (χ0) is 14.9. The van der Waals surface area contributed by atoms with Crippen LogP contribution in [0, 0.1) is 5.92 Å². The van der Waals surface area contributed by atoms with Gasteiger partial charge >= 0.3 is 0 Å². The number of aromatic nitrogens is 2. The highest BCUT2D eigenvalue weighted by molar-refractivity contribution is 5.79. The maximum absolute atomic E-state index is 10.7. The third-order valence-electron chi connectivity index (χ3n) is 4.25. The first-order valence-corrected chi connectivity index (χ1v) is 7.54. The molecule has 5 nitrogen and oxygen atoms in total. The molecule has 4 N–H and O–H groups in total. The number of hydrogen-bond donors (Lipinski definition) is 3. The number of nitrogens with two attached hydrogens (primary N) is 1. The third-order valence-corrected chi connectivity index (χ3v) is 4.25. The molecule has 2 aromatic rings. The van der Waals surface area contributed by atoms with Gasteiger partial charge in [-0.2, -0.15) is 0 Å². The lowest BCUT2D eigenvalue weighted by Crippen LogP contribution is -2.41. The summed E-state index contributed by atoms with van der Waals surface area (Å²) in [5.74, 6) is 1.49. The van der Waals surface area contributed by atoms with Crippen LogP contribution in [0.4, 0.5) is 11.6 Å². The molecule has 2 atom stereocenters. The fourth-order valence-corrected chi connectivity index (χ4v) is 3.18. The van der Waals surface area contributed by atoms with Crippen molar-refractivity contribution in [2.75, 3.05) is 17.6 Å². The van der Waals surface area contributed by atoms with E-state index in [-0.39, 0.29) is 0 Å². The third kappa shape index (κ3) is 3.08. The second kappa shape index (κ2) is 5.48. The topological polar surface area (TPSA) is 84.1 Å². The summed E-state index contributed by atoms with van der Waals surface area (Å²) in [7, 11) is 0. The Morgan fingerprint density at radius 3 is 2.76 bits per heavy atom. The summed E-state index contributed by atoms with van der Waals surface area (Å²) in [6.07, 6.45) is 3.91. The Bertz CT molecular complexity index is 645. The van der Waals surface area contributed by atoms with Gasteiger partial charge in [0.2, 0.25) is 0 Å². The van der Waals surface area contributed by atoms with Gasteiger partial charge in [-0.15, -0.1) is 0 Å². The first-order chi connectivity index (χ1) is 10.1. The summed E-state index contributed by atoms with van der Waals surface area (Å²) in [5.41, 5.74) is 6.87. The monoisotopic (exact) mass is 286 g/mol. The molecule has 5 heteroatoms. The summed E-state index contributed by atoms with van der Waals surface area (Å²) < 4.78 is 0. The Kier molecular flexibility index (Phi) is 3.68. The fraction of sp³-hybridized carbons (Fsp3) is 0.500. The van der Waals surface area contributed by atoms with Crippen molar-refractivity contribution in [1.82, 2.24) is 9.97 Å². The molecule has 1 aliphatic carbocycles. The molecule has 1 fully saturated rings. The van der Waals surface area contributed by atoms with Gasteiger partial charge in [0.15, 0.2) is 11.6 Å². The number of nitrogens with one attached hydrogen (secondary N) is 1. The molecular weight excluding hydrogens is 264 g/mol. The molecule has 3 rings (SSSR count). The van der Waals surface area contributed by atoms with Gasteiger partial charge in [0, 0.05) is 6.54 Å². The van der Waals surface area contributed by atoms with Crippen LogP contribution < -0.4 is 11.1 Å². The number of aliphatic hydroxyl groups is 1. The van der Waals surface area contributed by atoms with Gasteiger partial charge in [-0.25, -0.2) is 9.97 Å². The highest BCUT2D eigenvalue weighted by atomic mass is 16.3. The van der Waals surface area contributed by atoms with E-state index in [4.69, 9.17) is 5.73 Å². The molecule has 2 unspecified atom stereocenters. The highest BCUT2D eigenvalue weighted by Gasteiger charge is 2.32. The van der Waals surface area contributed by atoms with Crippen LogP contribution in [0.1, 0.15) is 32.6 Å². The van der Waals surface area contributed by atoms with Gasteiger partial charge in [0.25, 0.3) is 0 Å². The first kappa shape index (κ1) is 14.1. The van der Waals surface area contributed by atoms with E-state index in [1.54, 1.807) is 0 Å². The summed E-state index contributed by atoms with van der Waals surface area (Å²) >= 11 is 0. The minimum Gasteiger partial charge on any atom is -0.388 e. The van der Waals surface area contributed by atoms with Crippen molar-refractivity contribution in [1.29, 1.82) is 0 Å². The summed E-state index contributed by atoms with van der Waals surface area (Å²) in [4.78, 5) is 8.85. The molecular formula is C16H22N4O. The van der Waals surface area contributed by atoms with E-state index < -0.39 is 5.60 Å². The molecule has 1 aromatic heterocycles. The Morgan fingerprint density at radius 1 is 1.33 bits per heavy atom. The summed E-state index contributed by atoms with van der Waals surface area (Å²) in [6.45, 7) is 2.66. The lowest BCUT2D eigenvalue weighted by molar-refractivity contribution is -0.000810. The molecule has 0 radical (unpaired) electrons. The van der Waals surface area contributed by atoms with Crippen molar-refractivity contribution < 1.29 is 5.11 Å². The van der Waals surface area contributed by atoms with Crippen molar-refractivity contribution in [3.05, 3.63) is 24.3 Å². The second-order valence-electron chi connectivity index (χ2n) is 6.23. The van der Waals surface area contributed by atoms with Gasteiger partial charge in [-0.1, -0.05) is 31.9 Å². The van der Waals surface area contributed by atoms with Crippen molar-refractivity contribution in [2.24, 2.45) is 5.92 Å². The average Bonchev–Trinajstić information content (AvgIpc) is 2.45. The largest absolute Gasteiger partial charge is 0.388 e. The zero-order valence-electron chi connectivity index (χ0n) is 12.3. The van der Waals surface area contributed by atoms with Crippen molar-refractivity contribution in [2.45, 2.75) is 38.2 Å². The Hall–Kier alpha value is -1.88. The lowest BCUT2D eigenvalue weighted by atomic mass is 9.79. The zero-order valence-corrected chi connectivity index (χ0v) is 12.3. The van der Waals surface area contributed by atoms with Crippen LogP contribution in [0.3, 0.4) is 0 Å². The van der Waals surface area contributed by atoms with E-state index >= 15 is 0 Å². The molecule has 1 aliphatic rings. The van der Waals surface area contributed by atoms with Crippen LogP contribution in [0.15, 0.2) is 24.3 Å². The Morgan fingerprint density at radius 2 is 2.05 bits per heavy atom. The fourth-order valence-electron chi connectivity index (χ4n) is 3.18. The number of anilines is 2. The van der Waals surface area contributed by atoms with Gasteiger partial charge in [-0.05, 0) is 30.9 Å². The second-order valence-corrected chi connectivity index (χ2v) is 6.23. The minimum atomic E-state index is -0.669. The maximum Gasteiger partial charge on any atom is 0.169 e. The Labute approximate surface area is 124 Å². The molecule has 1 heterocycles. The van der Waals surface area contributed by atoms with Crippen LogP contribution in [0.25, 0.3) is 11.0 Å². The van der Waals surface area contributed by atoms with Crippen LogP contribution in [-0.4, -0.2) is 27.2 Å². The van der Waals surface area contributed by atoms with E-state index in [9.17, 15) is 5.11 Å².